The third-order valence-corrected chi connectivity index (χ3v) is 4.78. The van der Waals surface area contributed by atoms with Gasteiger partial charge in [0.2, 0.25) is 5.91 Å². The van der Waals surface area contributed by atoms with Gasteiger partial charge in [-0.1, -0.05) is 0 Å². The molecule has 4 unspecified atom stereocenters. The maximum atomic E-state index is 12.7. The fourth-order valence-electron chi connectivity index (χ4n) is 3.77. The monoisotopic (exact) mass is 297 g/mol. The summed E-state index contributed by atoms with van der Waals surface area (Å²) in [7, 11) is 0. The summed E-state index contributed by atoms with van der Waals surface area (Å²) < 4.78 is 5.21. The van der Waals surface area contributed by atoms with Crippen LogP contribution in [0.5, 0.6) is 0 Å². The van der Waals surface area contributed by atoms with Crippen molar-refractivity contribution in [2.45, 2.75) is 37.4 Å². The minimum Gasteiger partial charge on any atom is -0.481 e. The lowest BCUT2D eigenvalue weighted by Gasteiger charge is -2.37. The molecule has 3 saturated heterocycles. The van der Waals surface area contributed by atoms with Crippen LogP contribution in [-0.4, -0.2) is 70.7 Å². The number of carboxylic acids is 1. The van der Waals surface area contributed by atoms with E-state index in [4.69, 9.17) is 10.5 Å². The standard InChI is InChI=1S/C13H19N3O5/c14-11(17)10-6-21-4-3-15(10)13(20)16-7-1-2-9(16)8(5-7)12(18)19/h7-10H,1-6H2,(H2,14,17)(H,18,19). The van der Waals surface area contributed by atoms with Crippen LogP contribution in [0.2, 0.25) is 0 Å². The molecular formula is C13H19N3O5. The van der Waals surface area contributed by atoms with Gasteiger partial charge in [0, 0.05) is 18.6 Å². The first-order valence-corrected chi connectivity index (χ1v) is 7.19. The van der Waals surface area contributed by atoms with Crippen molar-refractivity contribution in [2.24, 2.45) is 11.7 Å². The van der Waals surface area contributed by atoms with Crippen LogP contribution >= 0.6 is 0 Å². The van der Waals surface area contributed by atoms with Gasteiger partial charge < -0.3 is 25.4 Å². The van der Waals surface area contributed by atoms with Crippen LogP contribution in [0.25, 0.3) is 0 Å². The molecule has 4 atom stereocenters. The second-order valence-corrected chi connectivity index (χ2v) is 5.86. The van der Waals surface area contributed by atoms with Gasteiger partial charge in [-0.3, -0.25) is 9.59 Å². The molecule has 0 spiro atoms. The number of aliphatic carboxylic acids is 1. The fourth-order valence-corrected chi connectivity index (χ4v) is 3.77. The van der Waals surface area contributed by atoms with Crippen LogP contribution in [0.4, 0.5) is 4.79 Å². The van der Waals surface area contributed by atoms with Crippen molar-refractivity contribution in [1.29, 1.82) is 0 Å². The summed E-state index contributed by atoms with van der Waals surface area (Å²) in [6, 6.07) is -1.36. The molecule has 0 radical (unpaired) electrons. The summed E-state index contributed by atoms with van der Waals surface area (Å²) in [6.45, 7) is 0.772. The third-order valence-electron chi connectivity index (χ3n) is 4.78. The van der Waals surface area contributed by atoms with Gasteiger partial charge in [-0.05, 0) is 19.3 Å². The Bertz CT molecular complexity index is 482. The molecule has 3 aliphatic heterocycles. The van der Waals surface area contributed by atoms with E-state index in [1.807, 2.05) is 0 Å². The van der Waals surface area contributed by atoms with E-state index in [-0.39, 0.29) is 24.7 Å². The van der Waals surface area contributed by atoms with Gasteiger partial charge >= 0.3 is 12.0 Å². The maximum Gasteiger partial charge on any atom is 0.321 e. The quantitative estimate of drug-likeness (QED) is 0.695. The molecule has 3 N–H and O–H groups in total. The number of morpholine rings is 1. The molecule has 8 heteroatoms. The molecule has 116 valence electrons. The molecule has 0 aromatic heterocycles. The van der Waals surface area contributed by atoms with Crippen molar-refractivity contribution in [3.05, 3.63) is 0 Å². The van der Waals surface area contributed by atoms with Crippen LogP contribution in [0, 0.1) is 5.92 Å². The molecular weight excluding hydrogens is 278 g/mol. The van der Waals surface area contributed by atoms with Crippen LogP contribution in [0.1, 0.15) is 19.3 Å². The number of hydrogen-bond acceptors (Lipinski definition) is 4. The zero-order valence-electron chi connectivity index (χ0n) is 11.6. The Balaban J connectivity index is 1.79. The molecule has 0 aromatic carbocycles. The first-order valence-electron chi connectivity index (χ1n) is 7.19. The van der Waals surface area contributed by atoms with E-state index in [2.05, 4.69) is 0 Å². The Morgan fingerprint density at radius 3 is 2.62 bits per heavy atom. The number of hydrogen-bond donors (Lipinski definition) is 2. The summed E-state index contributed by atoms with van der Waals surface area (Å²) in [5.74, 6) is -1.95. The van der Waals surface area contributed by atoms with Crippen molar-refractivity contribution in [3.8, 4) is 0 Å². The van der Waals surface area contributed by atoms with Crippen molar-refractivity contribution in [3.63, 3.8) is 0 Å². The first-order chi connectivity index (χ1) is 10.0. The Morgan fingerprint density at radius 2 is 2.00 bits per heavy atom. The Hall–Kier alpha value is -1.83. The number of nitrogens with zero attached hydrogens (tertiary/aromatic N) is 2. The smallest absolute Gasteiger partial charge is 0.321 e. The van der Waals surface area contributed by atoms with Gasteiger partial charge in [-0.25, -0.2) is 4.79 Å². The largest absolute Gasteiger partial charge is 0.481 e. The number of amides is 3. The van der Waals surface area contributed by atoms with E-state index in [0.29, 0.717) is 26.0 Å². The summed E-state index contributed by atoms with van der Waals surface area (Å²) in [6.07, 6.45) is 2.03. The highest BCUT2D eigenvalue weighted by Crippen LogP contribution is 2.42. The lowest BCUT2D eigenvalue weighted by atomic mass is 9.89. The highest BCUT2D eigenvalue weighted by atomic mass is 16.5. The van der Waals surface area contributed by atoms with E-state index in [1.54, 1.807) is 4.90 Å². The topological polar surface area (TPSA) is 113 Å². The molecule has 0 aromatic rings. The van der Waals surface area contributed by atoms with Crippen molar-refractivity contribution in [1.82, 2.24) is 9.80 Å². The average Bonchev–Trinajstić information content (AvgIpc) is 3.04. The minimum absolute atomic E-state index is 0.0417. The number of fused-ring (bicyclic) bond motifs is 2. The van der Waals surface area contributed by atoms with Crippen LogP contribution in [-0.2, 0) is 14.3 Å². The zero-order chi connectivity index (χ0) is 15.1. The average molecular weight is 297 g/mol. The number of ether oxygens (including phenoxy) is 1. The molecule has 3 rings (SSSR count). The molecule has 21 heavy (non-hydrogen) atoms. The zero-order valence-corrected chi connectivity index (χ0v) is 11.6. The summed E-state index contributed by atoms with van der Waals surface area (Å²) in [5, 5.41) is 9.24. The number of carbonyl (C=O) groups is 3. The third kappa shape index (κ3) is 2.23. The van der Waals surface area contributed by atoms with E-state index < -0.39 is 23.8 Å². The summed E-state index contributed by atoms with van der Waals surface area (Å²) >= 11 is 0. The van der Waals surface area contributed by atoms with Gasteiger partial charge in [-0.15, -0.1) is 0 Å². The number of nitrogens with two attached hydrogens (primary N) is 1. The number of rotatable bonds is 2. The highest BCUT2D eigenvalue weighted by molar-refractivity contribution is 5.87. The predicted octanol–water partition coefficient (Wildman–Crippen LogP) is -0.770. The number of carbonyl (C=O) groups excluding carboxylic acids is 2. The van der Waals surface area contributed by atoms with E-state index in [0.717, 1.165) is 6.42 Å². The maximum absolute atomic E-state index is 12.7. The molecule has 3 fully saturated rings. The van der Waals surface area contributed by atoms with E-state index in [9.17, 15) is 19.5 Å². The SMILES string of the molecule is NC(=O)C1COCCN1C(=O)N1C2CCC1C(C(=O)O)C2. The Morgan fingerprint density at radius 1 is 1.24 bits per heavy atom. The van der Waals surface area contributed by atoms with Crippen molar-refractivity contribution in [2.75, 3.05) is 19.8 Å². The molecule has 3 aliphatic rings. The normalized spacial score (nSPS) is 35.0. The van der Waals surface area contributed by atoms with Gasteiger partial charge in [0.05, 0.1) is 19.1 Å². The van der Waals surface area contributed by atoms with E-state index >= 15 is 0 Å². The molecule has 0 saturated carbocycles. The predicted molar refractivity (Wildman–Crippen MR) is 70.3 cm³/mol. The summed E-state index contributed by atoms with van der Waals surface area (Å²) in [5.41, 5.74) is 5.33. The Labute approximate surface area is 121 Å². The molecule has 8 nitrogen and oxygen atoms in total. The molecule has 3 heterocycles. The first kappa shape index (κ1) is 14.1. The van der Waals surface area contributed by atoms with Gasteiger partial charge in [0.15, 0.2) is 0 Å². The second kappa shape index (κ2) is 5.18. The number of primary amides is 1. The van der Waals surface area contributed by atoms with Crippen molar-refractivity contribution < 1.29 is 24.2 Å². The van der Waals surface area contributed by atoms with Gasteiger partial charge in [-0.2, -0.15) is 0 Å². The van der Waals surface area contributed by atoms with E-state index in [1.165, 1.54) is 4.90 Å². The number of carboxylic acid groups (broad SMARTS) is 1. The Kier molecular flexibility index (Phi) is 3.48. The molecule has 2 bridgehead atoms. The van der Waals surface area contributed by atoms with Gasteiger partial charge in [0.1, 0.15) is 6.04 Å². The minimum atomic E-state index is -0.853. The van der Waals surface area contributed by atoms with Crippen molar-refractivity contribution >= 4 is 17.9 Å². The van der Waals surface area contributed by atoms with Gasteiger partial charge in [0.25, 0.3) is 0 Å². The lowest BCUT2D eigenvalue weighted by Crippen LogP contribution is -2.59. The molecule has 0 aliphatic carbocycles. The van der Waals surface area contributed by atoms with Crippen LogP contribution < -0.4 is 5.73 Å². The second-order valence-electron chi connectivity index (χ2n) is 5.86. The summed E-state index contributed by atoms with van der Waals surface area (Å²) in [4.78, 5) is 38.6. The van der Waals surface area contributed by atoms with Crippen LogP contribution in [0.15, 0.2) is 0 Å². The van der Waals surface area contributed by atoms with Crippen LogP contribution in [0.3, 0.4) is 0 Å². The molecule has 3 amide bonds. The lowest BCUT2D eigenvalue weighted by molar-refractivity contribution is -0.142. The highest BCUT2D eigenvalue weighted by Gasteiger charge is 2.53. The fraction of sp³-hybridized carbons (Fsp3) is 0.769. The number of urea groups is 1.